The van der Waals surface area contributed by atoms with Gasteiger partial charge in [-0.05, 0) is 43.5 Å². The lowest BCUT2D eigenvalue weighted by Crippen LogP contribution is -2.39. The molecule has 0 spiro atoms. The highest BCUT2D eigenvalue weighted by Crippen LogP contribution is 2.52. The van der Waals surface area contributed by atoms with Gasteiger partial charge in [0, 0.05) is 12.1 Å². The first-order valence-electron chi connectivity index (χ1n) is 9.86. The molecule has 1 aliphatic heterocycles. The van der Waals surface area contributed by atoms with Crippen LogP contribution in [0.4, 0.5) is 13.9 Å². The third-order valence-corrected chi connectivity index (χ3v) is 7.15. The summed E-state index contributed by atoms with van der Waals surface area (Å²) in [5.41, 5.74) is 6.46. The molecule has 0 saturated carbocycles. The molecule has 3 aromatic rings. The summed E-state index contributed by atoms with van der Waals surface area (Å²) in [5, 5.41) is 26.8. The largest absolute Gasteiger partial charge is 0.370 e. The number of aryl methyl sites for hydroxylation is 1. The summed E-state index contributed by atoms with van der Waals surface area (Å²) < 4.78 is 28.6. The molecule has 11 heteroatoms. The van der Waals surface area contributed by atoms with Crippen LogP contribution in [0.15, 0.2) is 53.6 Å². The molecular weight excluding hydrogens is 452 g/mol. The summed E-state index contributed by atoms with van der Waals surface area (Å²) in [7, 11) is 0. The molecule has 1 aromatic heterocycles. The molecule has 166 valence electrons. The van der Waals surface area contributed by atoms with Crippen molar-refractivity contribution in [3.05, 3.63) is 76.3 Å². The van der Waals surface area contributed by atoms with Crippen molar-refractivity contribution in [1.82, 2.24) is 15.5 Å². The molecular formula is C21H21F2N7S2. The van der Waals surface area contributed by atoms with E-state index in [2.05, 4.69) is 15.5 Å². The second-order valence-electron chi connectivity index (χ2n) is 7.14. The van der Waals surface area contributed by atoms with Crippen molar-refractivity contribution >= 4 is 39.2 Å². The topological polar surface area (TPSA) is 103 Å². The highest BCUT2D eigenvalue weighted by atomic mass is 32.2. The van der Waals surface area contributed by atoms with Gasteiger partial charge in [-0.15, -0.1) is 10.2 Å². The first kappa shape index (κ1) is 22.2. The first-order valence-corrected chi connectivity index (χ1v) is 11.5. The summed E-state index contributed by atoms with van der Waals surface area (Å²) in [5.74, 6) is -1.19. The van der Waals surface area contributed by atoms with Gasteiger partial charge >= 0.3 is 0 Å². The lowest BCUT2D eigenvalue weighted by atomic mass is 10.0. The second-order valence-corrected chi connectivity index (χ2v) is 9.57. The summed E-state index contributed by atoms with van der Waals surface area (Å²) in [6.07, 6.45) is 1.22. The normalized spacial score (nSPS) is 18.0. The Morgan fingerprint density at radius 1 is 1.19 bits per heavy atom. The highest BCUT2D eigenvalue weighted by molar-refractivity contribution is 8.15. The van der Waals surface area contributed by atoms with Gasteiger partial charge in [0.15, 0.2) is 5.96 Å². The smallest absolute Gasteiger partial charge is 0.230 e. The summed E-state index contributed by atoms with van der Waals surface area (Å²) in [6, 6.07) is 13.1. The average molecular weight is 474 g/mol. The number of hydrazone groups is 1. The Kier molecular flexibility index (Phi) is 6.38. The number of aromatic nitrogens is 2. The first-order chi connectivity index (χ1) is 15.4. The van der Waals surface area contributed by atoms with Crippen LogP contribution in [0, 0.1) is 24.0 Å². The fourth-order valence-electron chi connectivity index (χ4n) is 3.47. The van der Waals surface area contributed by atoms with E-state index < -0.39 is 16.5 Å². The molecule has 7 nitrogen and oxygen atoms in total. The molecule has 4 rings (SSSR count). The van der Waals surface area contributed by atoms with Crippen molar-refractivity contribution in [2.24, 2.45) is 10.8 Å². The second kappa shape index (κ2) is 9.21. The van der Waals surface area contributed by atoms with E-state index in [1.807, 2.05) is 37.3 Å². The van der Waals surface area contributed by atoms with Gasteiger partial charge in [-0.1, -0.05) is 53.4 Å². The number of rotatable bonds is 7. The van der Waals surface area contributed by atoms with Gasteiger partial charge in [0.25, 0.3) is 0 Å². The average Bonchev–Trinajstić information content (AvgIpc) is 3.38. The maximum absolute atomic E-state index is 14.7. The molecule has 0 amide bonds. The SMILES string of the molecule is Cc1nnc(N2N=C(c3cc(F)ccc3F)SC2(CCCNC(=N)N)c2ccccc2)s1. The maximum Gasteiger partial charge on any atom is 0.230 e. The van der Waals surface area contributed by atoms with Crippen LogP contribution >= 0.6 is 23.1 Å². The van der Waals surface area contributed by atoms with Gasteiger partial charge < -0.3 is 11.1 Å². The molecule has 1 unspecified atom stereocenters. The number of halogens is 2. The van der Waals surface area contributed by atoms with Crippen molar-refractivity contribution in [3.8, 4) is 0 Å². The molecule has 2 heterocycles. The molecule has 4 N–H and O–H groups in total. The van der Waals surface area contributed by atoms with Gasteiger partial charge in [0.1, 0.15) is 26.6 Å². The highest BCUT2D eigenvalue weighted by Gasteiger charge is 2.47. The van der Waals surface area contributed by atoms with Gasteiger partial charge in [-0.25, -0.2) is 13.8 Å². The number of hydrogen-bond acceptors (Lipinski definition) is 7. The predicted molar refractivity (Wildman–Crippen MR) is 125 cm³/mol. The van der Waals surface area contributed by atoms with E-state index in [0.717, 1.165) is 28.8 Å². The molecule has 0 radical (unpaired) electrons. The Morgan fingerprint density at radius 2 is 1.97 bits per heavy atom. The van der Waals surface area contributed by atoms with Crippen molar-refractivity contribution in [1.29, 1.82) is 5.41 Å². The van der Waals surface area contributed by atoms with Crippen LogP contribution in [0.5, 0.6) is 0 Å². The molecule has 32 heavy (non-hydrogen) atoms. The number of hydrogen-bond donors (Lipinski definition) is 3. The third kappa shape index (κ3) is 4.44. The fraction of sp³-hybridized carbons (Fsp3) is 0.238. The number of nitrogens with one attached hydrogen (secondary N) is 2. The van der Waals surface area contributed by atoms with E-state index in [1.54, 1.807) is 5.01 Å². The minimum Gasteiger partial charge on any atom is -0.370 e. The quantitative estimate of drug-likeness (QED) is 0.271. The maximum atomic E-state index is 14.7. The number of nitrogens with two attached hydrogens (primary N) is 1. The predicted octanol–water partition coefficient (Wildman–Crippen LogP) is 4.16. The van der Waals surface area contributed by atoms with Crippen molar-refractivity contribution < 1.29 is 8.78 Å². The minimum atomic E-state index is -0.764. The molecule has 0 bridgehead atoms. The monoisotopic (exact) mass is 473 g/mol. The van der Waals surface area contributed by atoms with E-state index in [4.69, 9.17) is 16.2 Å². The van der Waals surface area contributed by atoms with Crippen LogP contribution < -0.4 is 16.1 Å². The summed E-state index contributed by atoms with van der Waals surface area (Å²) in [4.78, 5) is -0.764. The zero-order valence-corrected chi connectivity index (χ0v) is 18.8. The van der Waals surface area contributed by atoms with Crippen molar-refractivity contribution in [2.75, 3.05) is 11.6 Å². The van der Waals surface area contributed by atoms with Crippen molar-refractivity contribution in [2.45, 2.75) is 24.6 Å². The van der Waals surface area contributed by atoms with Crippen LogP contribution in [-0.4, -0.2) is 27.7 Å². The van der Waals surface area contributed by atoms with Crippen LogP contribution in [0.2, 0.25) is 0 Å². The Labute approximate surface area is 192 Å². The number of guanidine groups is 1. The van der Waals surface area contributed by atoms with E-state index in [0.29, 0.717) is 29.6 Å². The number of anilines is 1. The number of nitrogens with zero attached hydrogens (tertiary/aromatic N) is 4. The molecule has 0 fully saturated rings. The molecule has 0 aliphatic carbocycles. The fourth-order valence-corrected chi connectivity index (χ4v) is 5.66. The minimum absolute atomic E-state index is 0.0981. The lowest BCUT2D eigenvalue weighted by Gasteiger charge is -2.35. The Balaban J connectivity index is 1.80. The van der Waals surface area contributed by atoms with Crippen LogP contribution in [0.25, 0.3) is 0 Å². The van der Waals surface area contributed by atoms with Gasteiger partial charge in [-0.2, -0.15) is 5.10 Å². The lowest BCUT2D eigenvalue weighted by molar-refractivity contribution is 0.518. The number of thioether (sulfide) groups is 1. The van der Waals surface area contributed by atoms with Gasteiger partial charge in [0.2, 0.25) is 5.13 Å². The molecule has 1 aliphatic rings. The van der Waals surface area contributed by atoms with E-state index in [9.17, 15) is 8.78 Å². The zero-order valence-electron chi connectivity index (χ0n) is 17.2. The van der Waals surface area contributed by atoms with Crippen LogP contribution in [0.1, 0.15) is 29.0 Å². The Bertz CT molecular complexity index is 1150. The van der Waals surface area contributed by atoms with Crippen LogP contribution in [-0.2, 0) is 4.87 Å². The van der Waals surface area contributed by atoms with Gasteiger partial charge in [-0.3, -0.25) is 5.41 Å². The van der Waals surface area contributed by atoms with E-state index in [-0.39, 0.29) is 11.5 Å². The van der Waals surface area contributed by atoms with Gasteiger partial charge in [0.05, 0.1) is 0 Å². The third-order valence-electron chi connectivity index (χ3n) is 4.89. The van der Waals surface area contributed by atoms with Crippen molar-refractivity contribution in [3.63, 3.8) is 0 Å². The summed E-state index contributed by atoms with van der Waals surface area (Å²) >= 11 is 2.73. The van der Waals surface area contributed by atoms with Crippen LogP contribution in [0.3, 0.4) is 0 Å². The molecule has 0 saturated heterocycles. The standard InChI is InChI=1S/C21H21F2N7S2/c1-13-27-28-20(31-13)30-21(10-5-11-26-19(24)25,14-6-3-2-4-7-14)32-18(29-30)16-12-15(22)8-9-17(16)23/h2-4,6-9,12H,5,10-11H2,1H3,(H4,24,25,26). The van der Waals surface area contributed by atoms with E-state index >= 15 is 0 Å². The number of benzene rings is 2. The van der Waals surface area contributed by atoms with E-state index in [1.165, 1.54) is 23.1 Å². The Hall–Kier alpha value is -3.05. The molecule has 1 atom stereocenters. The summed E-state index contributed by atoms with van der Waals surface area (Å²) in [6.45, 7) is 2.33. The molecule has 2 aromatic carbocycles. The Morgan fingerprint density at radius 3 is 2.66 bits per heavy atom. The zero-order chi connectivity index (χ0) is 22.7.